The third-order valence-corrected chi connectivity index (χ3v) is 29.6. The van der Waals surface area contributed by atoms with Crippen molar-refractivity contribution in [3.8, 4) is 0 Å². The van der Waals surface area contributed by atoms with Crippen LogP contribution in [0.25, 0.3) is 0 Å². The molecular formula is C52H91F6O10PSi3. The lowest BCUT2D eigenvalue weighted by atomic mass is 9.91. The summed E-state index contributed by atoms with van der Waals surface area (Å²) in [6, 6.07) is 0. The minimum Gasteiger partial charge on any atom is -0.458 e. The van der Waals surface area contributed by atoms with Crippen LogP contribution in [0.1, 0.15) is 121 Å². The van der Waals surface area contributed by atoms with Crippen molar-refractivity contribution in [1.82, 2.24) is 0 Å². The number of ether oxygens (including phenoxy) is 3. The van der Waals surface area contributed by atoms with Gasteiger partial charge in [0.1, 0.15) is 18.4 Å². The Bertz CT molecular complexity index is 1870. The van der Waals surface area contributed by atoms with Crippen molar-refractivity contribution < 1.29 is 72.2 Å². The number of rotatable bonds is 27. The predicted molar refractivity (Wildman–Crippen MR) is 284 cm³/mol. The zero-order chi connectivity index (χ0) is 55.4. The van der Waals surface area contributed by atoms with Crippen LogP contribution >= 0.6 is 7.60 Å². The lowest BCUT2D eigenvalue weighted by Crippen LogP contribution is -2.47. The number of carbonyl (C=O) groups is 1. The molecule has 2 heterocycles. The van der Waals surface area contributed by atoms with Gasteiger partial charge in [0.15, 0.2) is 38.2 Å². The molecule has 1 unspecified atom stereocenters. The fraction of sp³-hybridized carbons (Fsp3) is 0.788. The van der Waals surface area contributed by atoms with Crippen LogP contribution in [-0.4, -0.2) is 112 Å². The zero-order valence-corrected chi connectivity index (χ0v) is 50.5. The van der Waals surface area contributed by atoms with E-state index in [0.29, 0.717) is 32.5 Å². The first-order chi connectivity index (χ1) is 32.5. The van der Waals surface area contributed by atoms with E-state index in [1.165, 1.54) is 0 Å². The molecule has 0 aromatic rings. The van der Waals surface area contributed by atoms with E-state index in [2.05, 4.69) is 102 Å². The molecule has 0 aromatic heterocycles. The van der Waals surface area contributed by atoms with Crippen LogP contribution in [0.5, 0.6) is 0 Å². The standard InChI is InChI=1S/C52H91F6O10PSi3/c1-38-27-29-61-42(32-38)25-26-46(68-72(17,18)50(10,11)12)45(66-47(59)35-69(60,62-36-51(53,54)55)63-37-52(56,57)58)24-20-23-44(67-71(15,16)49(7,8)9)34-40(3)31-39(2)33-43-22-19-21-41(65-43)28-30-64-70(13,14)48(4,5)6/h19-21,23,25-27,39,41-46H,3,22,24,28-37H2,1-2,4-18H3/b23-20+,26-25+/t39-,41-,42+,43-,44?,45-,46-/m0/s1. The molecule has 0 aromatic carbocycles. The average Bonchev–Trinajstić information content (AvgIpc) is 3.18. The first-order valence-electron chi connectivity index (χ1n) is 25.3. The van der Waals surface area contributed by atoms with Gasteiger partial charge in [0.25, 0.3) is 0 Å². The Morgan fingerprint density at radius 2 is 1.40 bits per heavy atom. The van der Waals surface area contributed by atoms with E-state index < -0.39 is 88.6 Å². The van der Waals surface area contributed by atoms with Crippen molar-refractivity contribution in [3.63, 3.8) is 0 Å². The van der Waals surface area contributed by atoms with Crippen LogP contribution in [0.3, 0.4) is 0 Å². The Balaban J connectivity index is 2.50. The highest BCUT2D eigenvalue weighted by Gasteiger charge is 2.44. The quantitative estimate of drug-likeness (QED) is 0.0259. The fourth-order valence-electron chi connectivity index (χ4n) is 7.13. The van der Waals surface area contributed by atoms with Crippen molar-refractivity contribution in [3.05, 3.63) is 60.3 Å². The molecular weight excluding hydrogens is 1010 g/mol. The largest absolute Gasteiger partial charge is 0.458 e. The Morgan fingerprint density at radius 3 is 1.93 bits per heavy atom. The van der Waals surface area contributed by atoms with Crippen LogP contribution in [0.2, 0.25) is 54.4 Å². The van der Waals surface area contributed by atoms with Gasteiger partial charge in [-0.05, 0) is 106 Å². The van der Waals surface area contributed by atoms with E-state index >= 15 is 0 Å². The molecule has 0 aliphatic carbocycles. The molecule has 0 saturated heterocycles. The highest BCUT2D eigenvalue weighted by atomic mass is 31.2. The highest BCUT2D eigenvalue weighted by Crippen LogP contribution is 2.50. The topological polar surface area (TPSA) is 108 Å². The van der Waals surface area contributed by atoms with Crippen molar-refractivity contribution in [1.29, 1.82) is 0 Å². The Hall–Kier alpha value is -1.65. The number of halogens is 6. The van der Waals surface area contributed by atoms with Crippen LogP contribution in [0.4, 0.5) is 26.3 Å². The number of esters is 1. The van der Waals surface area contributed by atoms with Gasteiger partial charge in [0, 0.05) is 13.0 Å². The fourth-order valence-corrected chi connectivity index (χ4v) is 12.1. The molecule has 2 aliphatic heterocycles. The first kappa shape index (κ1) is 66.5. The summed E-state index contributed by atoms with van der Waals surface area (Å²) in [7, 11) is -12.4. The van der Waals surface area contributed by atoms with Gasteiger partial charge in [0.2, 0.25) is 0 Å². The monoisotopic (exact) mass is 1100 g/mol. The maximum absolute atomic E-state index is 13.8. The third kappa shape index (κ3) is 24.6. The van der Waals surface area contributed by atoms with Crippen molar-refractivity contribution >= 4 is 38.5 Å². The molecule has 72 heavy (non-hydrogen) atoms. The number of hydrogen-bond acceptors (Lipinski definition) is 10. The first-order valence-corrected chi connectivity index (χ1v) is 35.8. The molecule has 0 bridgehead atoms. The van der Waals surface area contributed by atoms with E-state index in [9.17, 15) is 35.7 Å². The van der Waals surface area contributed by atoms with Crippen LogP contribution in [-0.2, 0) is 45.9 Å². The normalized spacial score (nSPS) is 21.2. The SMILES string of the molecule is C=C(CC(/C=C/C[C@H](OC(=O)CP(=O)(OCC(F)(F)F)OCC(F)(F)F)[C@H](/C=C/[C@@H]1CC(C)=CCO1)O[Si](C)(C)C(C)(C)C)O[Si](C)(C)C(C)(C)C)C[C@H](C)C[C@@H]1CC=C[C@@H](CCO[Si](C)(C)C(C)(C)C)O1. The Morgan fingerprint density at radius 1 is 0.847 bits per heavy atom. The lowest BCUT2D eigenvalue weighted by molar-refractivity contribution is -0.167. The smallest absolute Gasteiger partial charge is 0.412 e. The van der Waals surface area contributed by atoms with Gasteiger partial charge in [0.05, 0.1) is 31.0 Å². The summed E-state index contributed by atoms with van der Waals surface area (Å²) in [5, 5.41) is -0.389. The van der Waals surface area contributed by atoms with Gasteiger partial charge in [-0.25, -0.2) is 0 Å². The van der Waals surface area contributed by atoms with Gasteiger partial charge >= 0.3 is 25.9 Å². The van der Waals surface area contributed by atoms with E-state index in [1.807, 2.05) is 52.9 Å². The van der Waals surface area contributed by atoms with Crippen LogP contribution < -0.4 is 0 Å². The summed E-state index contributed by atoms with van der Waals surface area (Å²) in [6.07, 6.45) is 2.98. The minimum atomic E-state index is -5.36. The van der Waals surface area contributed by atoms with E-state index in [4.69, 9.17) is 27.5 Å². The molecule has 7 atom stereocenters. The molecule has 0 radical (unpaired) electrons. The molecule has 0 saturated carbocycles. The van der Waals surface area contributed by atoms with Crippen LogP contribution in [0.15, 0.2) is 60.3 Å². The molecule has 10 nitrogen and oxygen atoms in total. The molecule has 0 spiro atoms. The second-order valence-electron chi connectivity index (χ2n) is 24.4. The van der Waals surface area contributed by atoms with Gasteiger partial charge in [-0.1, -0.05) is 129 Å². The van der Waals surface area contributed by atoms with Crippen molar-refractivity contribution in [2.45, 2.75) is 224 Å². The van der Waals surface area contributed by atoms with E-state index in [0.717, 1.165) is 30.4 Å². The minimum absolute atomic E-state index is 0.0150. The average molecular weight is 1110 g/mol. The van der Waals surface area contributed by atoms with E-state index in [1.54, 1.807) is 18.2 Å². The van der Waals surface area contributed by atoms with Gasteiger partial charge in [-0.15, -0.1) is 0 Å². The summed E-state index contributed by atoms with van der Waals surface area (Å²) < 4.78 is 140. The molecule has 0 N–H and O–H groups in total. The summed E-state index contributed by atoms with van der Waals surface area (Å²) in [6.45, 7) is 37.2. The predicted octanol–water partition coefficient (Wildman–Crippen LogP) is 15.8. The van der Waals surface area contributed by atoms with Crippen molar-refractivity contribution in [2.24, 2.45) is 5.92 Å². The van der Waals surface area contributed by atoms with Gasteiger partial charge in [-0.2, -0.15) is 26.3 Å². The Kier molecular flexibility index (Phi) is 25.0. The van der Waals surface area contributed by atoms with Crippen LogP contribution in [0, 0.1) is 5.92 Å². The zero-order valence-electron chi connectivity index (χ0n) is 46.6. The Labute approximate surface area is 432 Å². The van der Waals surface area contributed by atoms with Gasteiger partial charge in [-0.3, -0.25) is 18.4 Å². The molecule has 418 valence electrons. The molecule has 0 amide bonds. The number of carbonyl (C=O) groups excluding carboxylic acids is 1. The van der Waals surface area contributed by atoms with Gasteiger partial charge < -0.3 is 27.5 Å². The highest BCUT2D eigenvalue weighted by molar-refractivity contribution is 7.54. The summed E-state index contributed by atoms with van der Waals surface area (Å²) in [5.74, 6) is -1.16. The maximum atomic E-state index is 13.8. The second kappa shape index (κ2) is 27.1. The number of hydrogen-bond donors (Lipinski definition) is 0. The van der Waals surface area contributed by atoms with Crippen molar-refractivity contribution in [2.75, 3.05) is 32.6 Å². The number of alkyl halides is 6. The molecule has 2 rings (SSSR count). The summed E-state index contributed by atoms with van der Waals surface area (Å²) in [4.78, 5) is 13.8. The lowest BCUT2D eigenvalue weighted by Gasteiger charge is -2.40. The molecule has 20 heteroatoms. The maximum Gasteiger partial charge on any atom is 0.412 e. The molecule has 2 aliphatic rings. The second-order valence-corrected chi connectivity index (χ2v) is 40.7. The molecule has 0 fully saturated rings. The van der Waals surface area contributed by atoms with E-state index in [-0.39, 0.29) is 45.8 Å². The summed E-state index contributed by atoms with van der Waals surface area (Å²) in [5.41, 5.74) is 2.07. The third-order valence-electron chi connectivity index (χ3n) is 14.4. The summed E-state index contributed by atoms with van der Waals surface area (Å²) >= 11 is 0.